The second-order valence-electron chi connectivity index (χ2n) is 6.92. The van der Waals surface area contributed by atoms with Gasteiger partial charge in [0, 0.05) is 44.1 Å². The third-order valence-electron chi connectivity index (χ3n) is 4.79. The smallest absolute Gasteiger partial charge is 0.247 e. The molecule has 3 rings (SSSR count). The minimum absolute atomic E-state index is 0.0723. The van der Waals surface area contributed by atoms with Crippen molar-refractivity contribution in [2.24, 2.45) is 7.05 Å². The van der Waals surface area contributed by atoms with Gasteiger partial charge in [0.1, 0.15) is 22.5 Å². The van der Waals surface area contributed by atoms with Crippen LogP contribution in [0.15, 0.2) is 59.8 Å². The number of benzene rings is 2. The van der Waals surface area contributed by atoms with E-state index in [4.69, 9.17) is 16.3 Å². The number of aryl methyl sites for hydroxylation is 1. The summed E-state index contributed by atoms with van der Waals surface area (Å²) in [5.41, 5.74) is 1.04. The fourth-order valence-corrected chi connectivity index (χ4v) is 4.87. The number of rotatable bonds is 7. The van der Waals surface area contributed by atoms with Crippen LogP contribution in [0, 0.1) is 0 Å². The van der Waals surface area contributed by atoms with Crippen LogP contribution in [0.4, 0.5) is 5.69 Å². The Morgan fingerprint density at radius 1 is 1.23 bits per heavy atom. The molecule has 0 aliphatic heterocycles. The molecule has 3 aromatic rings. The van der Waals surface area contributed by atoms with E-state index < -0.39 is 16.1 Å². The van der Waals surface area contributed by atoms with Crippen LogP contribution in [0.5, 0.6) is 5.75 Å². The number of ether oxygens (including phenoxy) is 1. The minimum Gasteiger partial charge on any atom is -0.495 e. The first kappa shape index (κ1) is 22.8. The lowest BCUT2D eigenvalue weighted by molar-refractivity contribution is -0.114. The number of hydrogen-bond acceptors (Lipinski definition) is 5. The second kappa shape index (κ2) is 9.09. The van der Waals surface area contributed by atoms with Crippen molar-refractivity contribution in [3.63, 3.8) is 0 Å². The molecule has 2 aromatic carbocycles. The molecule has 8 nitrogen and oxygen atoms in total. The van der Waals surface area contributed by atoms with Gasteiger partial charge in [0.2, 0.25) is 15.9 Å². The third-order valence-corrected chi connectivity index (χ3v) is 6.89. The van der Waals surface area contributed by atoms with Crippen molar-refractivity contribution in [1.29, 1.82) is 0 Å². The van der Waals surface area contributed by atoms with Gasteiger partial charge in [-0.1, -0.05) is 23.7 Å². The zero-order valence-electron chi connectivity index (χ0n) is 17.5. The van der Waals surface area contributed by atoms with E-state index in [1.54, 1.807) is 54.3 Å². The molecule has 0 saturated carbocycles. The number of hydrogen-bond donors (Lipinski definition) is 1. The molecule has 1 atom stereocenters. The molecule has 31 heavy (non-hydrogen) atoms. The highest BCUT2D eigenvalue weighted by atomic mass is 35.5. The highest BCUT2D eigenvalue weighted by Gasteiger charge is 2.34. The fraction of sp³-hybridized carbons (Fsp3) is 0.238. The summed E-state index contributed by atoms with van der Waals surface area (Å²) in [7, 11) is 0.596. The Hall–Kier alpha value is -2.88. The Labute approximate surface area is 186 Å². The van der Waals surface area contributed by atoms with Gasteiger partial charge in [-0.2, -0.15) is 4.31 Å². The first-order valence-corrected chi connectivity index (χ1v) is 11.1. The van der Waals surface area contributed by atoms with Gasteiger partial charge in [0.25, 0.3) is 0 Å². The molecule has 0 bridgehead atoms. The summed E-state index contributed by atoms with van der Waals surface area (Å²) in [6.45, 7) is 1.35. The molecule has 10 heteroatoms. The first-order valence-electron chi connectivity index (χ1n) is 9.31. The highest BCUT2D eigenvalue weighted by molar-refractivity contribution is 7.89. The largest absolute Gasteiger partial charge is 0.495 e. The molecule has 1 N–H and O–H groups in total. The van der Waals surface area contributed by atoms with Crippen LogP contribution in [0.25, 0.3) is 0 Å². The maximum atomic E-state index is 13.7. The summed E-state index contributed by atoms with van der Waals surface area (Å²) >= 11 is 6.03. The average molecular weight is 463 g/mol. The average Bonchev–Trinajstić information content (AvgIpc) is 3.14. The molecule has 0 radical (unpaired) electrons. The Kier molecular flexibility index (Phi) is 6.68. The number of nitrogens with one attached hydrogen (secondary N) is 1. The van der Waals surface area contributed by atoms with Gasteiger partial charge < -0.3 is 14.6 Å². The fourth-order valence-electron chi connectivity index (χ4n) is 3.26. The molecule has 0 saturated heterocycles. The van der Waals surface area contributed by atoms with Crippen molar-refractivity contribution in [3.8, 4) is 5.75 Å². The number of anilines is 1. The van der Waals surface area contributed by atoms with Crippen molar-refractivity contribution in [1.82, 2.24) is 13.9 Å². The summed E-state index contributed by atoms with van der Waals surface area (Å²) in [4.78, 5) is 15.8. The molecule has 1 aromatic heterocycles. The van der Waals surface area contributed by atoms with Crippen LogP contribution < -0.4 is 10.1 Å². The number of sulfonamides is 1. The van der Waals surface area contributed by atoms with Crippen molar-refractivity contribution in [2.45, 2.75) is 17.9 Å². The van der Waals surface area contributed by atoms with Crippen molar-refractivity contribution in [3.05, 3.63) is 71.3 Å². The van der Waals surface area contributed by atoms with Gasteiger partial charge in [-0.3, -0.25) is 4.79 Å². The number of nitrogens with zero attached hydrogens (tertiary/aromatic N) is 3. The lowest BCUT2D eigenvalue weighted by Crippen LogP contribution is -2.33. The van der Waals surface area contributed by atoms with E-state index in [1.165, 1.54) is 37.5 Å². The number of imidazole rings is 1. The van der Waals surface area contributed by atoms with Crippen LogP contribution in [0.1, 0.15) is 24.4 Å². The lowest BCUT2D eigenvalue weighted by Gasteiger charge is -2.28. The van der Waals surface area contributed by atoms with Crippen LogP contribution in [0.2, 0.25) is 5.02 Å². The second-order valence-corrected chi connectivity index (χ2v) is 9.32. The van der Waals surface area contributed by atoms with Crippen LogP contribution in [-0.2, 0) is 21.9 Å². The lowest BCUT2D eigenvalue weighted by atomic mass is 10.1. The van der Waals surface area contributed by atoms with Crippen molar-refractivity contribution in [2.75, 3.05) is 19.5 Å². The van der Waals surface area contributed by atoms with E-state index in [1.807, 2.05) is 0 Å². The van der Waals surface area contributed by atoms with Crippen LogP contribution in [-0.4, -0.2) is 42.3 Å². The number of carbonyl (C=O) groups excluding carboxylic acids is 1. The van der Waals surface area contributed by atoms with Crippen LogP contribution in [0.3, 0.4) is 0 Å². The molecular weight excluding hydrogens is 440 g/mol. The molecule has 0 aliphatic rings. The van der Waals surface area contributed by atoms with Crippen molar-refractivity contribution < 1.29 is 17.9 Å². The minimum atomic E-state index is -4.07. The topological polar surface area (TPSA) is 93.5 Å². The van der Waals surface area contributed by atoms with Gasteiger partial charge >= 0.3 is 0 Å². The number of amides is 1. The molecular formula is C21H23ClN4O4S. The molecule has 0 fully saturated rings. The summed E-state index contributed by atoms with van der Waals surface area (Å²) in [5.74, 6) is 0.384. The Morgan fingerprint density at radius 2 is 1.90 bits per heavy atom. The molecule has 1 heterocycles. The summed E-state index contributed by atoms with van der Waals surface area (Å²) in [6, 6.07) is 10.7. The van der Waals surface area contributed by atoms with E-state index >= 15 is 0 Å². The monoisotopic (exact) mass is 462 g/mol. The maximum Gasteiger partial charge on any atom is 0.247 e. The quantitative estimate of drug-likeness (QED) is 0.580. The van der Waals surface area contributed by atoms with E-state index in [0.29, 0.717) is 22.1 Å². The standard InChI is InChI=1S/C21H23ClN4O4S/c1-14(27)24-17-9-10-18(30-4)19(13-17)31(28,29)26(3)20(21-23-11-12-25(21)2)15-5-7-16(22)8-6-15/h5-13,20H,1-4H3,(H,24,27). The number of carbonyl (C=O) groups is 1. The normalized spacial score (nSPS) is 12.6. The van der Waals surface area contributed by atoms with E-state index in [0.717, 1.165) is 0 Å². The van der Waals surface area contributed by atoms with Crippen molar-refractivity contribution >= 4 is 33.2 Å². The number of aromatic nitrogens is 2. The Morgan fingerprint density at radius 3 is 2.45 bits per heavy atom. The molecule has 0 aliphatic carbocycles. The zero-order chi connectivity index (χ0) is 22.8. The highest BCUT2D eigenvalue weighted by Crippen LogP contribution is 2.35. The van der Waals surface area contributed by atoms with E-state index in [2.05, 4.69) is 10.3 Å². The Balaban J connectivity index is 2.15. The van der Waals surface area contributed by atoms with E-state index in [-0.39, 0.29) is 16.6 Å². The molecule has 164 valence electrons. The van der Waals surface area contributed by atoms with Gasteiger partial charge in [-0.05, 0) is 35.9 Å². The predicted octanol–water partition coefficient (Wildman–Crippen LogP) is 3.45. The number of methoxy groups -OCH3 is 1. The third kappa shape index (κ3) is 4.73. The summed E-state index contributed by atoms with van der Waals surface area (Å²) < 4.78 is 35.7. The number of halogens is 1. The van der Waals surface area contributed by atoms with Crippen LogP contribution >= 0.6 is 11.6 Å². The van der Waals surface area contributed by atoms with Gasteiger partial charge in [0.15, 0.2) is 0 Å². The maximum absolute atomic E-state index is 13.7. The van der Waals surface area contributed by atoms with Gasteiger partial charge in [-0.25, -0.2) is 13.4 Å². The van der Waals surface area contributed by atoms with Gasteiger partial charge in [0.05, 0.1) is 7.11 Å². The van der Waals surface area contributed by atoms with E-state index in [9.17, 15) is 13.2 Å². The molecule has 0 spiro atoms. The SMILES string of the molecule is COc1ccc(NC(C)=O)cc1S(=O)(=O)N(C)C(c1ccc(Cl)cc1)c1nccn1C. The van der Waals surface area contributed by atoms with Gasteiger partial charge in [-0.15, -0.1) is 0 Å². The summed E-state index contributed by atoms with van der Waals surface area (Å²) in [5, 5.41) is 3.14. The predicted molar refractivity (Wildman–Crippen MR) is 119 cm³/mol. The molecule has 1 unspecified atom stereocenters. The zero-order valence-corrected chi connectivity index (χ0v) is 19.1. The summed E-state index contributed by atoms with van der Waals surface area (Å²) in [6.07, 6.45) is 3.35. The molecule has 1 amide bonds. The Bertz CT molecular complexity index is 1190. The first-order chi connectivity index (χ1) is 14.6.